The molecule has 6 nitrogen and oxygen atoms in total. The van der Waals surface area contributed by atoms with Crippen LogP contribution < -0.4 is 4.90 Å². The van der Waals surface area contributed by atoms with Crippen molar-refractivity contribution >= 4 is 5.82 Å². The molecule has 6 heteroatoms. The summed E-state index contributed by atoms with van der Waals surface area (Å²) in [6.07, 6.45) is 2.25. The predicted octanol–water partition coefficient (Wildman–Crippen LogP) is 3.59. The zero-order chi connectivity index (χ0) is 19.7. The fraction of sp³-hybridized carbons (Fsp3) is 0.409. The second-order valence-corrected chi connectivity index (χ2v) is 7.83. The standard InChI is InChI=1S/C22H28N6/c1-16-13-21(24-22(23-16)17-9-6-5-7-10-17)28-12-8-11-20(28)19-14-18(15-26(2)3)27(4)25-19/h5-7,9-10,13-14,20H,8,11-12,15H2,1-4H3/t20-/m1/s1. The summed E-state index contributed by atoms with van der Waals surface area (Å²) < 4.78 is 2.01. The monoisotopic (exact) mass is 376 g/mol. The fourth-order valence-electron chi connectivity index (χ4n) is 3.93. The minimum atomic E-state index is 0.264. The summed E-state index contributed by atoms with van der Waals surface area (Å²) in [6, 6.07) is 14.8. The van der Waals surface area contributed by atoms with Crippen molar-refractivity contribution in [2.45, 2.75) is 32.4 Å². The van der Waals surface area contributed by atoms with Crippen molar-refractivity contribution in [1.82, 2.24) is 24.6 Å². The maximum absolute atomic E-state index is 4.91. The van der Waals surface area contributed by atoms with E-state index >= 15 is 0 Å². The summed E-state index contributed by atoms with van der Waals surface area (Å²) in [4.78, 5) is 14.1. The smallest absolute Gasteiger partial charge is 0.161 e. The Morgan fingerprint density at radius 2 is 1.89 bits per heavy atom. The first-order chi connectivity index (χ1) is 13.5. The van der Waals surface area contributed by atoms with E-state index in [9.17, 15) is 0 Å². The summed E-state index contributed by atoms with van der Waals surface area (Å²) >= 11 is 0. The molecule has 1 fully saturated rings. The molecule has 0 spiro atoms. The molecule has 0 aliphatic carbocycles. The Kier molecular flexibility index (Phi) is 5.13. The van der Waals surface area contributed by atoms with Gasteiger partial charge in [-0.25, -0.2) is 9.97 Å². The molecule has 1 aliphatic heterocycles. The highest BCUT2D eigenvalue weighted by atomic mass is 15.3. The van der Waals surface area contributed by atoms with Crippen LogP contribution in [0.2, 0.25) is 0 Å². The number of anilines is 1. The van der Waals surface area contributed by atoms with E-state index in [1.54, 1.807) is 0 Å². The van der Waals surface area contributed by atoms with Gasteiger partial charge in [-0.1, -0.05) is 30.3 Å². The average Bonchev–Trinajstić information content (AvgIpc) is 3.29. The number of aromatic nitrogens is 4. The quantitative estimate of drug-likeness (QED) is 0.681. The molecule has 1 saturated heterocycles. The first-order valence-corrected chi connectivity index (χ1v) is 9.86. The molecule has 3 heterocycles. The van der Waals surface area contributed by atoms with Crippen molar-refractivity contribution in [2.75, 3.05) is 25.5 Å². The topological polar surface area (TPSA) is 50.1 Å². The van der Waals surface area contributed by atoms with Crippen molar-refractivity contribution in [3.8, 4) is 11.4 Å². The Morgan fingerprint density at radius 1 is 1.11 bits per heavy atom. The second kappa shape index (κ2) is 7.72. The fourth-order valence-corrected chi connectivity index (χ4v) is 3.93. The summed E-state index contributed by atoms with van der Waals surface area (Å²) in [5, 5.41) is 4.83. The van der Waals surface area contributed by atoms with Crippen molar-refractivity contribution in [1.29, 1.82) is 0 Å². The molecule has 1 aliphatic rings. The molecule has 1 aromatic carbocycles. The van der Waals surface area contributed by atoms with E-state index in [0.717, 1.165) is 54.5 Å². The van der Waals surface area contributed by atoms with Crippen LogP contribution in [0.5, 0.6) is 0 Å². The van der Waals surface area contributed by atoms with E-state index in [1.165, 1.54) is 5.69 Å². The lowest BCUT2D eigenvalue weighted by molar-refractivity contribution is 0.387. The van der Waals surface area contributed by atoms with E-state index in [0.29, 0.717) is 0 Å². The van der Waals surface area contributed by atoms with Crippen LogP contribution in [0.25, 0.3) is 11.4 Å². The van der Waals surface area contributed by atoms with Crippen LogP contribution in [0.15, 0.2) is 42.5 Å². The lowest BCUT2D eigenvalue weighted by Crippen LogP contribution is -2.24. The largest absolute Gasteiger partial charge is 0.348 e. The number of aryl methyl sites for hydroxylation is 2. The number of hydrogen-bond donors (Lipinski definition) is 0. The van der Waals surface area contributed by atoms with Crippen LogP contribution in [0.3, 0.4) is 0 Å². The van der Waals surface area contributed by atoms with Crippen molar-refractivity contribution in [3.63, 3.8) is 0 Å². The molecule has 1 atom stereocenters. The molecule has 2 aromatic heterocycles. The van der Waals surface area contributed by atoms with Gasteiger partial charge in [0, 0.05) is 37.5 Å². The third kappa shape index (κ3) is 3.78. The highest BCUT2D eigenvalue weighted by molar-refractivity contribution is 5.58. The number of hydrogen-bond acceptors (Lipinski definition) is 5. The van der Waals surface area contributed by atoms with Crippen molar-refractivity contribution in [2.24, 2.45) is 7.05 Å². The van der Waals surface area contributed by atoms with Gasteiger partial charge in [-0.05, 0) is 39.9 Å². The molecule has 146 valence electrons. The molecule has 0 radical (unpaired) electrons. The van der Waals surface area contributed by atoms with Gasteiger partial charge in [0.1, 0.15) is 5.82 Å². The summed E-state index contributed by atoms with van der Waals surface area (Å²) in [7, 11) is 6.20. The van der Waals surface area contributed by atoms with Gasteiger partial charge in [-0.15, -0.1) is 0 Å². The number of benzene rings is 1. The Hall–Kier alpha value is -2.73. The van der Waals surface area contributed by atoms with E-state index in [4.69, 9.17) is 10.1 Å². The van der Waals surface area contributed by atoms with Crippen LogP contribution in [0.4, 0.5) is 5.82 Å². The number of nitrogens with zero attached hydrogens (tertiary/aromatic N) is 6. The highest BCUT2D eigenvalue weighted by Gasteiger charge is 2.30. The van der Waals surface area contributed by atoms with Gasteiger partial charge in [-0.3, -0.25) is 4.68 Å². The SMILES string of the molecule is Cc1cc(N2CCC[C@@H]2c2cc(CN(C)C)n(C)n2)nc(-c2ccccc2)n1. The van der Waals surface area contributed by atoms with Gasteiger partial charge >= 0.3 is 0 Å². The molecular weight excluding hydrogens is 348 g/mol. The Bertz CT molecular complexity index is 947. The summed E-state index contributed by atoms with van der Waals surface area (Å²) in [5.74, 6) is 1.78. The molecule has 0 N–H and O–H groups in total. The van der Waals surface area contributed by atoms with Gasteiger partial charge in [0.25, 0.3) is 0 Å². The molecule has 28 heavy (non-hydrogen) atoms. The van der Waals surface area contributed by atoms with Crippen LogP contribution >= 0.6 is 0 Å². The van der Waals surface area contributed by atoms with Crippen LogP contribution in [-0.2, 0) is 13.6 Å². The molecular formula is C22H28N6. The first-order valence-electron chi connectivity index (χ1n) is 9.86. The molecule has 4 rings (SSSR count). The first kappa shape index (κ1) is 18.6. The lowest BCUT2D eigenvalue weighted by atomic mass is 10.1. The van der Waals surface area contributed by atoms with E-state index in [2.05, 4.69) is 53.1 Å². The minimum Gasteiger partial charge on any atom is -0.348 e. The molecule has 0 amide bonds. The Labute approximate surface area is 166 Å². The highest BCUT2D eigenvalue weighted by Crippen LogP contribution is 2.35. The van der Waals surface area contributed by atoms with Gasteiger partial charge in [-0.2, -0.15) is 5.10 Å². The molecule has 0 bridgehead atoms. The van der Waals surface area contributed by atoms with Gasteiger partial charge in [0.15, 0.2) is 5.82 Å². The molecule has 0 saturated carbocycles. The normalized spacial score (nSPS) is 16.9. The third-order valence-corrected chi connectivity index (χ3v) is 5.24. The zero-order valence-corrected chi connectivity index (χ0v) is 17.1. The lowest BCUT2D eigenvalue weighted by Gasteiger charge is -2.25. The predicted molar refractivity (Wildman–Crippen MR) is 112 cm³/mol. The Balaban J connectivity index is 1.66. The molecule has 3 aromatic rings. The van der Waals surface area contributed by atoms with Crippen molar-refractivity contribution in [3.05, 3.63) is 59.5 Å². The summed E-state index contributed by atoms with van der Waals surface area (Å²) in [5.41, 5.74) is 4.41. The van der Waals surface area contributed by atoms with Gasteiger partial charge < -0.3 is 9.80 Å². The average molecular weight is 377 g/mol. The summed E-state index contributed by atoms with van der Waals surface area (Å²) in [6.45, 7) is 3.93. The molecule has 0 unspecified atom stereocenters. The Morgan fingerprint density at radius 3 is 2.64 bits per heavy atom. The van der Waals surface area contributed by atoms with Crippen LogP contribution in [0.1, 0.15) is 36.0 Å². The van der Waals surface area contributed by atoms with Crippen molar-refractivity contribution < 1.29 is 0 Å². The van der Waals surface area contributed by atoms with E-state index in [1.807, 2.05) is 36.9 Å². The minimum absolute atomic E-state index is 0.264. The van der Waals surface area contributed by atoms with E-state index < -0.39 is 0 Å². The van der Waals surface area contributed by atoms with Crippen LogP contribution in [0, 0.1) is 6.92 Å². The van der Waals surface area contributed by atoms with Gasteiger partial charge in [0.2, 0.25) is 0 Å². The van der Waals surface area contributed by atoms with E-state index in [-0.39, 0.29) is 6.04 Å². The zero-order valence-electron chi connectivity index (χ0n) is 17.1. The maximum Gasteiger partial charge on any atom is 0.161 e. The second-order valence-electron chi connectivity index (χ2n) is 7.83. The van der Waals surface area contributed by atoms with Crippen LogP contribution in [-0.4, -0.2) is 45.3 Å². The van der Waals surface area contributed by atoms with Gasteiger partial charge in [0.05, 0.1) is 17.4 Å². The maximum atomic E-state index is 4.91. The number of rotatable bonds is 5. The third-order valence-electron chi connectivity index (χ3n) is 5.24.